The van der Waals surface area contributed by atoms with Gasteiger partial charge in [-0.2, -0.15) is 0 Å². The summed E-state index contributed by atoms with van der Waals surface area (Å²) in [7, 11) is 0. The Bertz CT molecular complexity index is 348. The number of carbonyl (C=O) groups excluding carboxylic acids is 1. The lowest BCUT2D eigenvalue weighted by Gasteiger charge is -2.34. The molecule has 17 heavy (non-hydrogen) atoms. The molecule has 4 nitrogen and oxygen atoms in total. The standard InChI is InChI=1S/C11H15N3O.2ClH/c1-9-8-13-6-7-14(9)11(15)10-2-4-12-5-3-10;;/h2-5,9,13H,6-8H2,1H3;2*1H. The van der Waals surface area contributed by atoms with Gasteiger partial charge in [0.2, 0.25) is 0 Å². The van der Waals surface area contributed by atoms with E-state index in [-0.39, 0.29) is 36.8 Å². The van der Waals surface area contributed by atoms with Crippen LogP contribution in [0.2, 0.25) is 0 Å². The van der Waals surface area contributed by atoms with Crippen molar-refractivity contribution in [1.29, 1.82) is 0 Å². The molecule has 96 valence electrons. The van der Waals surface area contributed by atoms with Crippen molar-refractivity contribution in [3.05, 3.63) is 30.1 Å². The Kier molecular flexibility index (Phi) is 7.11. The third kappa shape index (κ3) is 3.84. The van der Waals surface area contributed by atoms with E-state index in [2.05, 4.69) is 17.2 Å². The first kappa shape index (κ1) is 16.2. The number of hydrogen-bond donors (Lipinski definition) is 1. The third-order valence-corrected chi connectivity index (χ3v) is 2.69. The molecular formula is C11H17Cl2N3O. The predicted octanol–water partition coefficient (Wildman–Crippen LogP) is 1.36. The summed E-state index contributed by atoms with van der Waals surface area (Å²) in [4.78, 5) is 17.9. The fourth-order valence-corrected chi connectivity index (χ4v) is 1.80. The maximum atomic E-state index is 12.1. The van der Waals surface area contributed by atoms with Crippen LogP contribution >= 0.6 is 24.8 Å². The summed E-state index contributed by atoms with van der Waals surface area (Å²) in [6.07, 6.45) is 3.31. The molecule has 1 aromatic heterocycles. The lowest BCUT2D eigenvalue weighted by atomic mass is 10.1. The average Bonchev–Trinajstić information content (AvgIpc) is 2.30. The van der Waals surface area contributed by atoms with E-state index >= 15 is 0 Å². The van der Waals surface area contributed by atoms with Crippen LogP contribution in [0.1, 0.15) is 17.3 Å². The average molecular weight is 278 g/mol. The summed E-state index contributed by atoms with van der Waals surface area (Å²) in [5, 5.41) is 3.26. The number of aromatic nitrogens is 1. The van der Waals surface area contributed by atoms with Crippen LogP contribution in [-0.4, -0.2) is 41.5 Å². The van der Waals surface area contributed by atoms with Gasteiger partial charge in [-0.3, -0.25) is 9.78 Å². The van der Waals surface area contributed by atoms with E-state index in [1.165, 1.54) is 0 Å². The fourth-order valence-electron chi connectivity index (χ4n) is 1.80. The first-order chi connectivity index (χ1) is 7.29. The highest BCUT2D eigenvalue weighted by molar-refractivity contribution is 5.94. The van der Waals surface area contributed by atoms with Gasteiger partial charge in [-0.25, -0.2) is 0 Å². The van der Waals surface area contributed by atoms with Crippen LogP contribution in [0.5, 0.6) is 0 Å². The molecular weight excluding hydrogens is 261 g/mol. The van der Waals surface area contributed by atoms with Gasteiger partial charge in [0.1, 0.15) is 0 Å². The van der Waals surface area contributed by atoms with E-state index in [0.717, 1.165) is 25.2 Å². The van der Waals surface area contributed by atoms with E-state index in [9.17, 15) is 4.79 Å². The topological polar surface area (TPSA) is 45.2 Å². The Morgan fingerprint density at radius 2 is 2.06 bits per heavy atom. The SMILES string of the molecule is CC1CNCCN1C(=O)c1ccncc1.Cl.Cl. The second kappa shape index (κ2) is 7.48. The highest BCUT2D eigenvalue weighted by atomic mass is 35.5. The van der Waals surface area contributed by atoms with Crippen molar-refractivity contribution >= 4 is 30.7 Å². The lowest BCUT2D eigenvalue weighted by molar-refractivity contribution is 0.0655. The monoisotopic (exact) mass is 277 g/mol. The normalized spacial score (nSPS) is 18.9. The van der Waals surface area contributed by atoms with Crippen molar-refractivity contribution in [3.8, 4) is 0 Å². The van der Waals surface area contributed by atoms with Crippen LogP contribution in [0.25, 0.3) is 0 Å². The summed E-state index contributed by atoms with van der Waals surface area (Å²) in [6, 6.07) is 3.79. The fraction of sp³-hybridized carbons (Fsp3) is 0.455. The van der Waals surface area contributed by atoms with Crippen LogP contribution in [0.4, 0.5) is 0 Å². The third-order valence-electron chi connectivity index (χ3n) is 2.69. The van der Waals surface area contributed by atoms with E-state index in [0.29, 0.717) is 0 Å². The number of pyridine rings is 1. The van der Waals surface area contributed by atoms with E-state index in [1.807, 2.05) is 4.90 Å². The molecule has 1 aliphatic heterocycles. The molecule has 1 amide bonds. The molecule has 0 aliphatic carbocycles. The summed E-state index contributed by atoms with van der Waals surface area (Å²) >= 11 is 0. The van der Waals surface area contributed by atoms with Crippen LogP contribution in [0.3, 0.4) is 0 Å². The van der Waals surface area contributed by atoms with Crippen LogP contribution in [0, 0.1) is 0 Å². The van der Waals surface area contributed by atoms with Gasteiger partial charge in [-0.15, -0.1) is 24.8 Å². The number of hydrogen-bond acceptors (Lipinski definition) is 3. The molecule has 6 heteroatoms. The van der Waals surface area contributed by atoms with Gasteiger partial charge < -0.3 is 10.2 Å². The van der Waals surface area contributed by atoms with Gasteiger partial charge in [0.25, 0.3) is 5.91 Å². The molecule has 2 rings (SSSR count). The Morgan fingerprint density at radius 1 is 1.41 bits per heavy atom. The molecule has 0 radical (unpaired) electrons. The maximum absolute atomic E-state index is 12.1. The number of carbonyl (C=O) groups is 1. The van der Waals surface area contributed by atoms with E-state index < -0.39 is 0 Å². The molecule has 1 aromatic rings. The van der Waals surface area contributed by atoms with Gasteiger partial charge >= 0.3 is 0 Å². The molecule has 0 bridgehead atoms. The first-order valence-corrected chi connectivity index (χ1v) is 5.21. The lowest BCUT2D eigenvalue weighted by Crippen LogP contribution is -2.52. The van der Waals surface area contributed by atoms with Crippen LogP contribution in [0.15, 0.2) is 24.5 Å². The Balaban J connectivity index is 0.00000128. The summed E-state index contributed by atoms with van der Waals surface area (Å²) in [5.41, 5.74) is 0.721. The molecule has 1 saturated heterocycles. The number of nitrogens with one attached hydrogen (secondary N) is 1. The molecule has 0 aromatic carbocycles. The van der Waals surface area contributed by atoms with Gasteiger partial charge in [-0.05, 0) is 19.1 Å². The van der Waals surface area contributed by atoms with Gasteiger partial charge in [0.05, 0.1) is 0 Å². The van der Waals surface area contributed by atoms with Crippen molar-refractivity contribution in [2.24, 2.45) is 0 Å². The van der Waals surface area contributed by atoms with Crippen LogP contribution in [-0.2, 0) is 0 Å². The smallest absolute Gasteiger partial charge is 0.254 e. The summed E-state index contributed by atoms with van der Waals surface area (Å²) in [5.74, 6) is 0.103. The second-order valence-corrected chi connectivity index (χ2v) is 3.79. The quantitative estimate of drug-likeness (QED) is 0.843. The van der Waals surface area contributed by atoms with Crippen molar-refractivity contribution in [3.63, 3.8) is 0 Å². The van der Waals surface area contributed by atoms with Crippen LogP contribution < -0.4 is 5.32 Å². The summed E-state index contributed by atoms with van der Waals surface area (Å²) in [6.45, 7) is 4.59. The predicted molar refractivity (Wildman–Crippen MR) is 72.1 cm³/mol. The number of amides is 1. The zero-order valence-electron chi connectivity index (χ0n) is 9.63. The van der Waals surface area contributed by atoms with Crippen molar-refractivity contribution in [2.45, 2.75) is 13.0 Å². The minimum atomic E-state index is 0. The summed E-state index contributed by atoms with van der Waals surface area (Å²) < 4.78 is 0. The molecule has 0 spiro atoms. The highest BCUT2D eigenvalue weighted by Crippen LogP contribution is 2.09. The van der Waals surface area contributed by atoms with Crippen molar-refractivity contribution in [2.75, 3.05) is 19.6 Å². The molecule has 1 aliphatic rings. The largest absolute Gasteiger partial charge is 0.333 e. The second-order valence-electron chi connectivity index (χ2n) is 3.79. The molecule has 0 saturated carbocycles. The number of rotatable bonds is 1. The van der Waals surface area contributed by atoms with Gasteiger partial charge in [-0.1, -0.05) is 0 Å². The first-order valence-electron chi connectivity index (χ1n) is 5.21. The molecule has 2 heterocycles. The zero-order valence-corrected chi connectivity index (χ0v) is 11.3. The van der Waals surface area contributed by atoms with E-state index in [1.54, 1.807) is 24.5 Å². The molecule has 1 fully saturated rings. The molecule has 1 N–H and O–H groups in total. The van der Waals surface area contributed by atoms with E-state index in [4.69, 9.17) is 0 Å². The zero-order chi connectivity index (χ0) is 10.7. The van der Waals surface area contributed by atoms with Gasteiger partial charge in [0, 0.05) is 43.6 Å². The number of halogens is 2. The Labute approximate surface area is 114 Å². The molecule has 1 unspecified atom stereocenters. The van der Waals surface area contributed by atoms with Gasteiger partial charge in [0.15, 0.2) is 0 Å². The minimum absolute atomic E-state index is 0. The number of piperazine rings is 1. The maximum Gasteiger partial charge on any atom is 0.254 e. The van der Waals surface area contributed by atoms with Crippen molar-refractivity contribution in [1.82, 2.24) is 15.2 Å². The molecule has 1 atom stereocenters. The Hall–Kier alpha value is -0.840. The minimum Gasteiger partial charge on any atom is -0.333 e. The Morgan fingerprint density at radius 3 is 2.65 bits per heavy atom. The van der Waals surface area contributed by atoms with Crippen molar-refractivity contribution < 1.29 is 4.79 Å². The highest BCUT2D eigenvalue weighted by Gasteiger charge is 2.23. The number of nitrogens with zero attached hydrogens (tertiary/aromatic N) is 2.